The van der Waals surface area contributed by atoms with E-state index in [1.54, 1.807) is 12.4 Å². The quantitative estimate of drug-likeness (QED) is 0.798. The van der Waals surface area contributed by atoms with E-state index < -0.39 is 0 Å². The zero-order chi connectivity index (χ0) is 12.5. The van der Waals surface area contributed by atoms with Gasteiger partial charge in [0.1, 0.15) is 11.3 Å². The summed E-state index contributed by atoms with van der Waals surface area (Å²) in [4.78, 5) is 8.75. The van der Waals surface area contributed by atoms with Crippen LogP contribution in [0.5, 0.6) is 0 Å². The van der Waals surface area contributed by atoms with Crippen LogP contribution in [0.3, 0.4) is 0 Å². The fourth-order valence-electron chi connectivity index (χ4n) is 2.88. The second kappa shape index (κ2) is 5.06. The number of alkyl halides is 1. The van der Waals surface area contributed by atoms with Crippen LogP contribution in [0.4, 0.5) is 0 Å². The van der Waals surface area contributed by atoms with Crippen LogP contribution in [0.2, 0.25) is 5.02 Å². The van der Waals surface area contributed by atoms with Gasteiger partial charge in [-0.3, -0.25) is 4.98 Å². The summed E-state index contributed by atoms with van der Waals surface area (Å²) in [6.45, 7) is 0. The van der Waals surface area contributed by atoms with E-state index in [1.165, 1.54) is 25.7 Å². The third-order valence-electron chi connectivity index (χ3n) is 3.63. The lowest BCUT2D eigenvalue weighted by Gasteiger charge is -2.16. The topological polar surface area (TPSA) is 30.7 Å². The Kier molecular flexibility index (Phi) is 3.44. The minimum absolute atomic E-state index is 0.521. The average molecular weight is 284 g/mol. The molecule has 0 bridgehead atoms. The lowest BCUT2D eigenvalue weighted by molar-refractivity contribution is 0.513. The first-order chi connectivity index (χ1) is 8.81. The fourth-order valence-corrected chi connectivity index (χ4v) is 3.29. The molecule has 1 aliphatic rings. The van der Waals surface area contributed by atoms with Crippen molar-refractivity contribution in [1.82, 2.24) is 14.5 Å². The maximum Gasteiger partial charge on any atom is 0.111 e. The maximum atomic E-state index is 6.30. The standard InChI is InChI=1S/C13H15Cl2N3/c14-6-5-12-17-11-8-16-7-10(15)13(11)18(12)9-3-1-2-4-9/h7-9H,1-6H2. The molecule has 0 radical (unpaired) electrons. The predicted molar refractivity (Wildman–Crippen MR) is 74.5 cm³/mol. The fraction of sp³-hybridized carbons (Fsp3) is 0.538. The van der Waals surface area contributed by atoms with Gasteiger partial charge in [-0.2, -0.15) is 0 Å². The zero-order valence-corrected chi connectivity index (χ0v) is 11.6. The highest BCUT2D eigenvalue weighted by molar-refractivity contribution is 6.34. The Bertz CT molecular complexity index is 559. The number of aromatic nitrogens is 3. The highest BCUT2D eigenvalue weighted by Crippen LogP contribution is 2.35. The number of pyridine rings is 1. The van der Waals surface area contributed by atoms with Crippen LogP contribution in [0, 0.1) is 0 Å². The monoisotopic (exact) mass is 283 g/mol. The molecule has 1 saturated carbocycles. The molecule has 3 rings (SSSR count). The van der Waals surface area contributed by atoms with Crippen LogP contribution in [0.25, 0.3) is 11.0 Å². The summed E-state index contributed by atoms with van der Waals surface area (Å²) >= 11 is 12.2. The first-order valence-electron chi connectivity index (χ1n) is 6.37. The normalized spacial score (nSPS) is 16.8. The molecular formula is C13H15Cl2N3. The van der Waals surface area contributed by atoms with Crippen LogP contribution in [0.15, 0.2) is 12.4 Å². The lowest BCUT2D eigenvalue weighted by Crippen LogP contribution is -2.10. The van der Waals surface area contributed by atoms with E-state index in [0.717, 1.165) is 23.3 Å². The predicted octanol–water partition coefficient (Wildman–Crippen LogP) is 3.98. The number of hydrogen-bond donors (Lipinski definition) is 0. The first kappa shape index (κ1) is 12.2. The minimum Gasteiger partial charge on any atom is -0.324 e. The molecule has 2 heterocycles. The second-order valence-corrected chi connectivity index (χ2v) is 5.55. The molecule has 0 N–H and O–H groups in total. The highest BCUT2D eigenvalue weighted by Gasteiger charge is 2.23. The van der Waals surface area contributed by atoms with Gasteiger partial charge in [-0.1, -0.05) is 24.4 Å². The Morgan fingerprint density at radius 2 is 2.06 bits per heavy atom. The molecule has 0 aliphatic heterocycles. The van der Waals surface area contributed by atoms with Crippen LogP contribution in [-0.2, 0) is 6.42 Å². The summed E-state index contributed by atoms with van der Waals surface area (Å²) in [5.74, 6) is 1.63. The van der Waals surface area contributed by atoms with Crippen LogP contribution in [0.1, 0.15) is 37.5 Å². The number of nitrogens with zero attached hydrogens (tertiary/aromatic N) is 3. The van der Waals surface area contributed by atoms with Gasteiger partial charge < -0.3 is 4.57 Å². The summed E-state index contributed by atoms with van der Waals surface area (Å²) in [7, 11) is 0. The first-order valence-corrected chi connectivity index (χ1v) is 7.29. The molecule has 2 aromatic rings. The SMILES string of the molecule is ClCCc1nc2cncc(Cl)c2n1C1CCCC1. The van der Waals surface area contributed by atoms with Crippen molar-refractivity contribution >= 4 is 34.2 Å². The Morgan fingerprint density at radius 1 is 1.28 bits per heavy atom. The molecule has 2 aromatic heterocycles. The molecule has 3 nitrogen and oxygen atoms in total. The van der Waals surface area contributed by atoms with Crippen molar-refractivity contribution in [3.63, 3.8) is 0 Å². The number of rotatable bonds is 3. The van der Waals surface area contributed by atoms with E-state index >= 15 is 0 Å². The van der Waals surface area contributed by atoms with Gasteiger partial charge in [-0.25, -0.2) is 4.98 Å². The van der Waals surface area contributed by atoms with Crippen molar-refractivity contribution in [2.45, 2.75) is 38.1 Å². The number of fused-ring (bicyclic) bond motifs is 1. The smallest absolute Gasteiger partial charge is 0.111 e. The van der Waals surface area contributed by atoms with Crippen LogP contribution >= 0.6 is 23.2 Å². The van der Waals surface area contributed by atoms with Crippen molar-refractivity contribution in [2.24, 2.45) is 0 Å². The van der Waals surface area contributed by atoms with Crippen molar-refractivity contribution in [1.29, 1.82) is 0 Å². The highest BCUT2D eigenvalue weighted by atomic mass is 35.5. The van der Waals surface area contributed by atoms with Crippen molar-refractivity contribution in [2.75, 3.05) is 5.88 Å². The Morgan fingerprint density at radius 3 is 2.78 bits per heavy atom. The largest absolute Gasteiger partial charge is 0.324 e. The second-order valence-electron chi connectivity index (χ2n) is 4.76. The van der Waals surface area contributed by atoms with Gasteiger partial charge >= 0.3 is 0 Å². The molecule has 0 amide bonds. The summed E-state index contributed by atoms with van der Waals surface area (Å²) in [5.41, 5.74) is 1.91. The molecule has 5 heteroatoms. The molecule has 18 heavy (non-hydrogen) atoms. The maximum absolute atomic E-state index is 6.30. The molecule has 0 saturated heterocycles. The van der Waals surface area contributed by atoms with E-state index in [1.807, 2.05) is 0 Å². The average Bonchev–Trinajstić information content (AvgIpc) is 2.96. The Balaban J connectivity index is 2.19. The third kappa shape index (κ3) is 1.99. The molecule has 96 valence electrons. The molecular weight excluding hydrogens is 269 g/mol. The summed E-state index contributed by atoms with van der Waals surface area (Å²) in [6, 6.07) is 0.521. The Labute approximate surface area is 116 Å². The zero-order valence-electron chi connectivity index (χ0n) is 10.1. The number of hydrogen-bond acceptors (Lipinski definition) is 2. The molecule has 1 fully saturated rings. The van der Waals surface area contributed by atoms with Crippen molar-refractivity contribution in [3.8, 4) is 0 Å². The van der Waals surface area contributed by atoms with E-state index in [9.17, 15) is 0 Å². The van der Waals surface area contributed by atoms with Gasteiger partial charge in [0.2, 0.25) is 0 Å². The van der Waals surface area contributed by atoms with Gasteiger partial charge in [-0.05, 0) is 12.8 Å². The Hall–Kier alpha value is -0.800. The number of halogens is 2. The van der Waals surface area contributed by atoms with Crippen LogP contribution in [-0.4, -0.2) is 20.4 Å². The summed E-state index contributed by atoms with van der Waals surface area (Å²) in [6.07, 6.45) is 9.24. The number of aryl methyl sites for hydroxylation is 1. The van der Waals surface area contributed by atoms with Crippen molar-refractivity contribution < 1.29 is 0 Å². The lowest BCUT2D eigenvalue weighted by atomic mass is 10.2. The summed E-state index contributed by atoms with van der Waals surface area (Å²) < 4.78 is 2.30. The van der Waals surface area contributed by atoms with E-state index in [4.69, 9.17) is 23.2 Å². The molecule has 0 spiro atoms. The van der Waals surface area contributed by atoms with E-state index in [2.05, 4.69) is 14.5 Å². The van der Waals surface area contributed by atoms with E-state index in [0.29, 0.717) is 16.9 Å². The van der Waals surface area contributed by atoms with Gasteiger partial charge in [0.25, 0.3) is 0 Å². The minimum atomic E-state index is 0.521. The van der Waals surface area contributed by atoms with Crippen molar-refractivity contribution in [3.05, 3.63) is 23.2 Å². The van der Waals surface area contributed by atoms with Crippen LogP contribution < -0.4 is 0 Å². The van der Waals surface area contributed by atoms with E-state index in [-0.39, 0.29) is 0 Å². The van der Waals surface area contributed by atoms with Gasteiger partial charge in [0, 0.05) is 24.5 Å². The van der Waals surface area contributed by atoms with Gasteiger partial charge in [-0.15, -0.1) is 11.6 Å². The third-order valence-corrected chi connectivity index (χ3v) is 4.10. The van der Waals surface area contributed by atoms with Gasteiger partial charge in [0.05, 0.1) is 16.7 Å². The molecule has 1 aliphatic carbocycles. The molecule has 0 unspecified atom stereocenters. The molecule has 0 aromatic carbocycles. The number of imidazole rings is 1. The van der Waals surface area contributed by atoms with Gasteiger partial charge in [0.15, 0.2) is 0 Å². The molecule has 0 atom stereocenters. The summed E-state index contributed by atoms with van der Waals surface area (Å²) in [5, 5.41) is 0.688.